The van der Waals surface area contributed by atoms with Gasteiger partial charge in [-0.25, -0.2) is 4.98 Å². The number of anilines is 1. The van der Waals surface area contributed by atoms with Crippen molar-refractivity contribution in [2.45, 2.75) is 0 Å². The van der Waals surface area contributed by atoms with E-state index >= 15 is 0 Å². The highest BCUT2D eigenvalue weighted by molar-refractivity contribution is 7.13. The van der Waals surface area contributed by atoms with Crippen molar-refractivity contribution in [3.05, 3.63) is 70.2 Å². The lowest BCUT2D eigenvalue weighted by Crippen LogP contribution is -2.14. The first-order chi connectivity index (χ1) is 11.5. The third-order valence-electron chi connectivity index (χ3n) is 3.23. The van der Waals surface area contributed by atoms with Gasteiger partial charge in [-0.1, -0.05) is 29.8 Å². The summed E-state index contributed by atoms with van der Waals surface area (Å²) in [6.07, 6.45) is 0. The van der Waals surface area contributed by atoms with Crippen LogP contribution in [-0.4, -0.2) is 16.8 Å². The molecule has 0 unspecified atom stereocenters. The zero-order chi connectivity index (χ0) is 17.1. The van der Waals surface area contributed by atoms with Crippen LogP contribution in [0, 0.1) is 0 Å². The molecule has 5 nitrogen and oxygen atoms in total. The minimum Gasteiger partial charge on any atom is -0.366 e. The quantitative estimate of drug-likeness (QED) is 0.744. The van der Waals surface area contributed by atoms with Crippen LogP contribution in [0.2, 0.25) is 5.02 Å². The predicted molar refractivity (Wildman–Crippen MR) is 95.5 cm³/mol. The van der Waals surface area contributed by atoms with Crippen molar-refractivity contribution in [1.82, 2.24) is 4.98 Å². The zero-order valence-corrected chi connectivity index (χ0v) is 13.9. The SMILES string of the molecule is NC(=O)c1cccc(NC(=O)c2csc(-c3ccc(Cl)cc3)n2)c1. The van der Waals surface area contributed by atoms with Crippen LogP contribution in [0.1, 0.15) is 20.8 Å². The second kappa shape index (κ2) is 6.82. The predicted octanol–water partition coefficient (Wildman–Crippen LogP) is 3.81. The van der Waals surface area contributed by atoms with Gasteiger partial charge >= 0.3 is 0 Å². The number of nitrogens with one attached hydrogen (secondary N) is 1. The van der Waals surface area contributed by atoms with Crippen LogP contribution in [0.15, 0.2) is 53.9 Å². The summed E-state index contributed by atoms with van der Waals surface area (Å²) in [6.45, 7) is 0. The summed E-state index contributed by atoms with van der Waals surface area (Å²) in [7, 11) is 0. The molecule has 0 atom stereocenters. The van der Waals surface area contributed by atoms with Crippen LogP contribution >= 0.6 is 22.9 Å². The summed E-state index contributed by atoms with van der Waals surface area (Å²) in [5.41, 5.74) is 7.23. The van der Waals surface area contributed by atoms with Gasteiger partial charge < -0.3 is 11.1 Å². The molecule has 0 saturated carbocycles. The van der Waals surface area contributed by atoms with Crippen molar-refractivity contribution in [3.8, 4) is 10.6 Å². The van der Waals surface area contributed by atoms with Gasteiger partial charge in [-0.3, -0.25) is 9.59 Å². The van der Waals surface area contributed by atoms with Crippen LogP contribution < -0.4 is 11.1 Å². The summed E-state index contributed by atoms with van der Waals surface area (Å²) in [4.78, 5) is 27.8. The Bertz CT molecular complexity index is 906. The Labute approximate surface area is 147 Å². The Balaban J connectivity index is 1.77. The summed E-state index contributed by atoms with van der Waals surface area (Å²) in [5, 5.41) is 5.75. The van der Waals surface area contributed by atoms with Crippen LogP contribution in [0.3, 0.4) is 0 Å². The van der Waals surface area contributed by atoms with Gasteiger partial charge in [0.1, 0.15) is 10.7 Å². The van der Waals surface area contributed by atoms with E-state index in [0.717, 1.165) is 10.6 Å². The third kappa shape index (κ3) is 3.61. The van der Waals surface area contributed by atoms with Crippen LogP contribution in [0.5, 0.6) is 0 Å². The van der Waals surface area contributed by atoms with Crippen molar-refractivity contribution < 1.29 is 9.59 Å². The Morgan fingerprint density at radius 2 is 1.88 bits per heavy atom. The molecule has 0 bridgehead atoms. The normalized spacial score (nSPS) is 10.4. The molecule has 0 radical (unpaired) electrons. The van der Waals surface area contributed by atoms with Crippen LogP contribution in [-0.2, 0) is 0 Å². The maximum atomic E-state index is 12.3. The molecule has 0 aliphatic heterocycles. The van der Waals surface area contributed by atoms with E-state index in [9.17, 15) is 9.59 Å². The average molecular weight is 358 g/mol. The number of nitrogens with two attached hydrogens (primary N) is 1. The fourth-order valence-electron chi connectivity index (χ4n) is 2.05. The van der Waals surface area contributed by atoms with E-state index in [1.165, 1.54) is 17.4 Å². The van der Waals surface area contributed by atoms with E-state index in [0.29, 0.717) is 22.0 Å². The molecular formula is C17H12ClN3O2S. The standard InChI is InChI=1S/C17H12ClN3O2S/c18-12-6-4-10(5-7-12)17-21-14(9-24-17)16(23)20-13-3-1-2-11(8-13)15(19)22/h1-9H,(H2,19,22)(H,20,23). The molecule has 1 aromatic heterocycles. The smallest absolute Gasteiger partial charge is 0.275 e. The highest BCUT2D eigenvalue weighted by Crippen LogP contribution is 2.25. The number of hydrogen-bond acceptors (Lipinski definition) is 4. The highest BCUT2D eigenvalue weighted by atomic mass is 35.5. The lowest BCUT2D eigenvalue weighted by molar-refractivity contribution is 0.0995. The highest BCUT2D eigenvalue weighted by Gasteiger charge is 2.13. The molecule has 24 heavy (non-hydrogen) atoms. The van der Waals surface area contributed by atoms with Gasteiger partial charge in [-0.2, -0.15) is 0 Å². The number of thiazole rings is 1. The number of primary amides is 1. The van der Waals surface area contributed by atoms with E-state index in [4.69, 9.17) is 17.3 Å². The van der Waals surface area contributed by atoms with E-state index < -0.39 is 5.91 Å². The number of aromatic nitrogens is 1. The number of nitrogens with zero attached hydrogens (tertiary/aromatic N) is 1. The second-order valence-electron chi connectivity index (χ2n) is 4.94. The molecule has 0 spiro atoms. The molecular weight excluding hydrogens is 346 g/mol. The molecule has 3 rings (SSSR count). The lowest BCUT2D eigenvalue weighted by Gasteiger charge is -2.04. The molecule has 3 aromatic rings. The molecule has 120 valence electrons. The first-order valence-corrected chi connectivity index (χ1v) is 8.21. The minimum atomic E-state index is -0.551. The summed E-state index contributed by atoms with van der Waals surface area (Å²) in [5.74, 6) is -0.905. The number of rotatable bonds is 4. The summed E-state index contributed by atoms with van der Waals surface area (Å²) < 4.78 is 0. The first-order valence-electron chi connectivity index (χ1n) is 6.95. The number of hydrogen-bond donors (Lipinski definition) is 2. The van der Waals surface area contributed by atoms with Gasteiger partial charge in [0.2, 0.25) is 5.91 Å². The minimum absolute atomic E-state index is 0.300. The van der Waals surface area contributed by atoms with E-state index in [1.54, 1.807) is 35.7 Å². The van der Waals surface area contributed by atoms with E-state index in [2.05, 4.69) is 10.3 Å². The van der Waals surface area contributed by atoms with Gasteiger partial charge in [0.25, 0.3) is 5.91 Å². The van der Waals surface area contributed by atoms with Gasteiger partial charge in [0.15, 0.2) is 0 Å². The maximum Gasteiger partial charge on any atom is 0.275 e. The number of halogens is 1. The van der Waals surface area contributed by atoms with Crippen molar-refractivity contribution in [3.63, 3.8) is 0 Å². The molecule has 2 aromatic carbocycles. The van der Waals surface area contributed by atoms with E-state index in [-0.39, 0.29) is 5.91 Å². The van der Waals surface area contributed by atoms with Gasteiger partial charge in [-0.05, 0) is 30.3 Å². The lowest BCUT2D eigenvalue weighted by atomic mass is 10.2. The number of amides is 2. The Morgan fingerprint density at radius 3 is 2.58 bits per heavy atom. The molecule has 3 N–H and O–H groups in total. The molecule has 7 heteroatoms. The molecule has 0 aliphatic carbocycles. The molecule has 1 heterocycles. The van der Waals surface area contributed by atoms with Crippen molar-refractivity contribution in [2.75, 3.05) is 5.32 Å². The number of benzene rings is 2. The summed E-state index contributed by atoms with van der Waals surface area (Å²) >= 11 is 7.23. The average Bonchev–Trinajstić information content (AvgIpc) is 3.06. The Kier molecular flexibility index (Phi) is 4.59. The fourth-order valence-corrected chi connectivity index (χ4v) is 2.98. The monoisotopic (exact) mass is 357 g/mol. The van der Waals surface area contributed by atoms with Crippen molar-refractivity contribution >= 4 is 40.4 Å². The van der Waals surface area contributed by atoms with Gasteiger partial charge in [0.05, 0.1) is 0 Å². The topological polar surface area (TPSA) is 85.1 Å². The Morgan fingerprint density at radius 1 is 1.12 bits per heavy atom. The zero-order valence-electron chi connectivity index (χ0n) is 12.3. The maximum absolute atomic E-state index is 12.3. The molecule has 0 saturated heterocycles. The van der Waals surface area contributed by atoms with Crippen molar-refractivity contribution in [1.29, 1.82) is 0 Å². The Hall–Kier alpha value is -2.70. The van der Waals surface area contributed by atoms with Crippen LogP contribution in [0.25, 0.3) is 10.6 Å². The van der Waals surface area contributed by atoms with E-state index in [1.807, 2.05) is 12.1 Å². The summed E-state index contributed by atoms with van der Waals surface area (Å²) in [6, 6.07) is 13.7. The fraction of sp³-hybridized carbons (Fsp3) is 0. The number of carbonyl (C=O) groups is 2. The largest absolute Gasteiger partial charge is 0.366 e. The number of carbonyl (C=O) groups excluding carboxylic acids is 2. The first kappa shape index (κ1) is 16.2. The van der Waals surface area contributed by atoms with Gasteiger partial charge in [-0.15, -0.1) is 11.3 Å². The van der Waals surface area contributed by atoms with Crippen LogP contribution in [0.4, 0.5) is 5.69 Å². The molecule has 0 aliphatic rings. The molecule has 0 fully saturated rings. The van der Waals surface area contributed by atoms with Crippen molar-refractivity contribution in [2.24, 2.45) is 5.73 Å². The second-order valence-corrected chi connectivity index (χ2v) is 6.24. The third-order valence-corrected chi connectivity index (χ3v) is 4.38. The molecule has 2 amide bonds. The van der Waals surface area contributed by atoms with Gasteiger partial charge in [0, 0.05) is 27.2 Å².